The first kappa shape index (κ1) is 25.3. The highest BCUT2D eigenvalue weighted by Gasteiger charge is 2.59. The molecule has 0 aromatic rings. The van der Waals surface area contributed by atoms with E-state index in [9.17, 15) is 4.79 Å². The second kappa shape index (κ2) is 10.3. The lowest BCUT2D eigenvalue weighted by Gasteiger charge is -2.57. The lowest BCUT2D eigenvalue weighted by Crippen LogP contribution is -2.53. The molecule has 0 bridgehead atoms. The van der Waals surface area contributed by atoms with Crippen molar-refractivity contribution in [2.45, 2.75) is 105 Å². The third kappa shape index (κ3) is 4.94. The number of fused-ring (bicyclic) bond motifs is 3. The van der Waals surface area contributed by atoms with Gasteiger partial charge in [0.2, 0.25) is 0 Å². The quantitative estimate of drug-likeness (QED) is 0.285. The van der Waals surface area contributed by atoms with Gasteiger partial charge in [-0.3, -0.25) is 0 Å². The van der Waals surface area contributed by atoms with Crippen LogP contribution in [0.4, 0.5) is 4.79 Å². The molecule has 32 heavy (non-hydrogen) atoms. The molecule has 0 saturated heterocycles. The Bertz CT molecular complexity index is 701. The monoisotopic (exact) mass is 443 g/mol. The number of carbonyl (C=O) groups is 1. The van der Waals surface area contributed by atoms with Crippen LogP contribution in [-0.4, -0.2) is 11.7 Å². The molecule has 4 heteroatoms. The lowest BCUT2D eigenvalue weighted by atomic mass is 9.47. The smallest absolute Gasteiger partial charge is 0.332 e. The second-order valence-electron chi connectivity index (χ2n) is 12.2. The predicted octanol–water partition coefficient (Wildman–Crippen LogP) is 7.30. The van der Waals surface area contributed by atoms with E-state index in [-0.39, 0.29) is 5.41 Å². The van der Waals surface area contributed by atoms with Crippen molar-refractivity contribution in [1.29, 1.82) is 0 Å². The Hall–Kier alpha value is -1.32. The van der Waals surface area contributed by atoms with E-state index in [2.05, 4.69) is 51.7 Å². The van der Waals surface area contributed by atoms with Crippen molar-refractivity contribution in [3.05, 3.63) is 12.7 Å². The first-order valence-corrected chi connectivity index (χ1v) is 13.4. The minimum Gasteiger partial charge on any atom is -0.350 e. The van der Waals surface area contributed by atoms with Crippen molar-refractivity contribution in [1.82, 2.24) is 5.43 Å². The van der Waals surface area contributed by atoms with Crippen molar-refractivity contribution in [2.75, 3.05) is 0 Å². The van der Waals surface area contributed by atoms with Gasteiger partial charge in [-0.05, 0) is 92.3 Å². The number of primary amides is 1. The topological polar surface area (TPSA) is 67.5 Å². The molecule has 3 saturated carbocycles. The van der Waals surface area contributed by atoms with Crippen LogP contribution in [0, 0.1) is 46.3 Å². The van der Waals surface area contributed by atoms with E-state index < -0.39 is 6.03 Å². The number of nitrogens with two attached hydrogens (primary N) is 1. The number of hydrogen-bond acceptors (Lipinski definition) is 2. The highest BCUT2D eigenvalue weighted by Crippen LogP contribution is 2.66. The van der Waals surface area contributed by atoms with Crippen LogP contribution in [0.3, 0.4) is 0 Å². The van der Waals surface area contributed by atoms with Gasteiger partial charge >= 0.3 is 6.03 Å². The Morgan fingerprint density at radius 1 is 1.19 bits per heavy atom. The first-order chi connectivity index (χ1) is 15.1. The average Bonchev–Trinajstić information content (AvgIpc) is 3.08. The van der Waals surface area contributed by atoms with Crippen LogP contribution >= 0.6 is 0 Å². The van der Waals surface area contributed by atoms with Gasteiger partial charge in [0.25, 0.3) is 0 Å². The maximum absolute atomic E-state index is 11.3. The van der Waals surface area contributed by atoms with Crippen LogP contribution in [-0.2, 0) is 0 Å². The molecule has 3 aliphatic rings. The maximum atomic E-state index is 11.3. The van der Waals surface area contributed by atoms with E-state index in [4.69, 9.17) is 5.73 Å². The summed E-state index contributed by atoms with van der Waals surface area (Å²) in [4.78, 5) is 11.3. The van der Waals surface area contributed by atoms with Crippen LogP contribution < -0.4 is 11.2 Å². The highest BCUT2D eigenvalue weighted by molar-refractivity contribution is 5.92. The molecule has 182 valence electrons. The van der Waals surface area contributed by atoms with Crippen LogP contribution in [0.5, 0.6) is 0 Å². The fourth-order valence-electron chi connectivity index (χ4n) is 8.35. The van der Waals surface area contributed by atoms with Gasteiger partial charge < -0.3 is 5.73 Å². The number of nitrogens with zero attached hydrogens (tertiary/aromatic N) is 1. The SMILES string of the molecule is C=CCC[C@]1(C)/C(=N\NC(N)=O)CC[C@H]2[C@H]1CC[C@@]1(C)[C@H]2CC[C@H]1[C@H](C)CCCC(C)C. The van der Waals surface area contributed by atoms with Gasteiger partial charge in [-0.1, -0.05) is 60.0 Å². The van der Waals surface area contributed by atoms with Crippen molar-refractivity contribution in [3.63, 3.8) is 0 Å². The normalized spacial score (nSPS) is 38.9. The molecule has 3 fully saturated rings. The number of allylic oxidation sites excluding steroid dienone is 1. The summed E-state index contributed by atoms with van der Waals surface area (Å²) in [5.74, 6) is 4.81. The standard InChI is InChI=1S/C28H49N3O/c1-7-8-17-28(6)24-16-18-27(5)22(20(4)11-9-10-19(2)3)13-14-23(27)21(24)12-15-25(28)30-31-26(29)32/h7,19-24H,1,8-18H2,2-6H3,(H3,29,31,32)/b30-25-/t20-,21-,22+,23+,24-,27-,28+/m1/s1. The molecule has 3 rings (SSSR count). The van der Waals surface area contributed by atoms with E-state index in [1.807, 2.05) is 6.08 Å². The molecule has 0 aliphatic heterocycles. The molecular weight excluding hydrogens is 394 g/mol. The maximum Gasteiger partial charge on any atom is 0.332 e. The van der Waals surface area contributed by atoms with Crippen LogP contribution in [0.1, 0.15) is 105 Å². The van der Waals surface area contributed by atoms with Crippen molar-refractivity contribution >= 4 is 11.7 Å². The average molecular weight is 444 g/mol. The van der Waals surface area contributed by atoms with Crippen molar-refractivity contribution in [2.24, 2.45) is 57.2 Å². The fourth-order valence-corrected chi connectivity index (χ4v) is 8.35. The summed E-state index contributed by atoms with van der Waals surface area (Å²) in [6, 6.07) is -0.563. The predicted molar refractivity (Wildman–Crippen MR) is 135 cm³/mol. The van der Waals surface area contributed by atoms with Crippen molar-refractivity contribution in [3.8, 4) is 0 Å². The van der Waals surface area contributed by atoms with Gasteiger partial charge in [0.15, 0.2) is 0 Å². The van der Waals surface area contributed by atoms with Gasteiger partial charge in [-0.2, -0.15) is 5.10 Å². The van der Waals surface area contributed by atoms with Crippen LogP contribution in [0.25, 0.3) is 0 Å². The Morgan fingerprint density at radius 3 is 2.59 bits per heavy atom. The summed E-state index contributed by atoms with van der Waals surface area (Å²) in [6.45, 7) is 16.3. The fraction of sp³-hybridized carbons (Fsp3) is 0.857. The summed E-state index contributed by atoms with van der Waals surface area (Å²) >= 11 is 0. The van der Waals surface area contributed by atoms with E-state index in [0.717, 1.165) is 54.6 Å². The van der Waals surface area contributed by atoms with E-state index in [1.54, 1.807) is 0 Å². The molecule has 0 radical (unpaired) electrons. The number of urea groups is 1. The minimum absolute atomic E-state index is 0.0296. The van der Waals surface area contributed by atoms with Gasteiger partial charge in [0.05, 0.1) is 0 Å². The van der Waals surface area contributed by atoms with Gasteiger partial charge in [0, 0.05) is 11.1 Å². The van der Waals surface area contributed by atoms with E-state index in [0.29, 0.717) is 11.3 Å². The Kier molecular flexibility index (Phi) is 8.15. The van der Waals surface area contributed by atoms with E-state index in [1.165, 1.54) is 51.4 Å². The zero-order chi connectivity index (χ0) is 23.5. The summed E-state index contributed by atoms with van der Waals surface area (Å²) in [5.41, 5.74) is 9.57. The van der Waals surface area contributed by atoms with Crippen LogP contribution in [0.15, 0.2) is 17.8 Å². The molecule has 0 unspecified atom stereocenters. The minimum atomic E-state index is -0.563. The molecule has 0 spiro atoms. The van der Waals surface area contributed by atoms with Crippen molar-refractivity contribution < 1.29 is 4.79 Å². The lowest BCUT2D eigenvalue weighted by molar-refractivity contribution is -0.0439. The Labute approximate surface area is 197 Å². The number of amides is 2. The molecule has 3 aliphatic carbocycles. The molecule has 0 aromatic carbocycles. The number of nitrogens with one attached hydrogen (secondary N) is 1. The largest absolute Gasteiger partial charge is 0.350 e. The number of hydrogen-bond donors (Lipinski definition) is 2. The summed E-state index contributed by atoms with van der Waals surface area (Å²) < 4.78 is 0. The molecule has 3 N–H and O–H groups in total. The summed E-state index contributed by atoms with van der Waals surface area (Å²) in [5, 5.41) is 4.53. The van der Waals surface area contributed by atoms with E-state index >= 15 is 0 Å². The van der Waals surface area contributed by atoms with Gasteiger partial charge in [-0.15, -0.1) is 6.58 Å². The third-order valence-electron chi connectivity index (χ3n) is 10.00. The third-order valence-corrected chi connectivity index (χ3v) is 10.00. The Morgan fingerprint density at radius 2 is 1.94 bits per heavy atom. The van der Waals surface area contributed by atoms with Crippen LogP contribution in [0.2, 0.25) is 0 Å². The zero-order valence-corrected chi connectivity index (χ0v) is 21.5. The molecule has 4 nitrogen and oxygen atoms in total. The molecule has 2 amide bonds. The first-order valence-electron chi connectivity index (χ1n) is 13.4. The number of rotatable bonds is 9. The molecule has 7 atom stereocenters. The number of hydrazone groups is 1. The molecule has 0 heterocycles. The summed E-state index contributed by atoms with van der Waals surface area (Å²) in [7, 11) is 0. The Balaban J connectivity index is 1.78. The second-order valence-corrected chi connectivity index (χ2v) is 12.2. The zero-order valence-electron chi connectivity index (χ0n) is 21.5. The summed E-state index contributed by atoms with van der Waals surface area (Å²) in [6.07, 6.45) is 15.9. The molecule has 0 aromatic heterocycles. The number of carbonyl (C=O) groups excluding carboxylic acids is 1. The highest BCUT2D eigenvalue weighted by atomic mass is 16.2. The molecular formula is C28H49N3O. The van der Waals surface area contributed by atoms with Gasteiger partial charge in [-0.25, -0.2) is 10.2 Å². The van der Waals surface area contributed by atoms with Gasteiger partial charge in [0.1, 0.15) is 0 Å².